The number of hydrogen-bond acceptors (Lipinski definition) is 3. The van der Waals surface area contributed by atoms with Crippen LogP contribution in [0.4, 0.5) is 0 Å². The number of nitrogens with zero attached hydrogens (tertiary/aromatic N) is 3. The molecule has 1 heterocycles. The van der Waals surface area contributed by atoms with Crippen molar-refractivity contribution in [3.8, 4) is 6.07 Å². The van der Waals surface area contributed by atoms with E-state index in [0.717, 1.165) is 5.69 Å². The zero-order valence-corrected chi connectivity index (χ0v) is 11.1. The number of nitriles is 1. The van der Waals surface area contributed by atoms with E-state index in [1.165, 1.54) is 4.68 Å². The summed E-state index contributed by atoms with van der Waals surface area (Å²) in [6.45, 7) is 10.6. The molecule has 0 saturated heterocycles. The Balaban J connectivity index is 3.41. The fraction of sp³-hybridized carbons (Fsp3) is 0.615. The molecule has 1 rings (SSSR count). The van der Waals surface area contributed by atoms with E-state index >= 15 is 0 Å². The van der Waals surface area contributed by atoms with Gasteiger partial charge in [-0.15, -0.1) is 0 Å². The highest BCUT2D eigenvalue weighted by atomic mass is 16.1. The Morgan fingerprint density at radius 3 is 2.47 bits per heavy atom. The highest BCUT2D eigenvalue weighted by molar-refractivity contribution is 5.29. The molecule has 0 fully saturated rings. The summed E-state index contributed by atoms with van der Waals surface area (Å²) in [7, 11) is 0. The van der Waals surface area contributed by atoms with Crippen LogP contribution in [0.5, 0.6) is 0 Å². The standard InChI is InChI=1S/C13H19N3O/c1-9(2)8-16-12(17)10(7-14)6-11(15-16)13(3,4)5/h6,9H,8H2,1-5H3. The Labute approximate surface area is 102 Å². The van der Waals surface area contributed by atoms with Gasteiger partial charge < -0.3 is 0 Å². The average Bonchev–Trinajstić information content (AvgIpc) is 2.18. The summed E-state index contributed by atoms with van der Waals surface area (Å²) in [6, 6.07) is 3.54. The van der Waals surface area contributed by atoms with Crippen molar-refractivity contribution in [1.29, 1.82) is 5.26 Å². The molecule has 0 radical (unpaired) electrons. The molecule has 17 heavy (non-hydrogen) atoms. The van der Waals surface area contributed by atoms with Crippen LogP contribution in [0, 0.1) is 17.2 Å². The molecule has 0 spiro atoms. The van der Waals surface area contributed by atoms with Crippen molar-refractivity contribution in [3.05, 3.63) is 27.7 Å². The molecule has 0 unspecified atom stereocenters. The fourth-order valence-corrected chi connectivity index (χ4v) is 1.46. The van der Waals surface area contributed by atoms with Crippen molar-refractivity contribution >= 4 is 0 Å². The van der Waals surface area contributed by atoms with Crippen LogP contribution in [0.25, 0.3) is 0 Å². The van der Waals surface area contributed by atoms with Crippen molar-refractivity contribution in [1.82, 2.24) is 9.78 Å². The van der Waals surface area contributed by atoms with Crippen LogP contribution >= 0.6 is 0 Å². The van der Waals surface area contributed by atoms with Gasteiger partial charge in [-0.05, 0) is 12.0 Å². The van der Waals surface area contributed by atoms with E-state index in [1.54, 1.807) is 6.07 Å². The van der Waals surface area contributed by atoms with Gasteiger partial charge in [-0.1, -0.05) is 34.6 Å². The van der Waals surface area contributed by atoms with Gasteiger partial charge in [-0.25, -0.2) is 4.68 Å². The third kappa shape index (κ3) is 3.16. The van der Waals surface area contributed by atoms with Crippen LogP contribution in [-0.4, -0.2) is 9.78 Å². The number of hydrogen-bond donors (Lipinski definition) is 0. The van der Waals surface area contributed by atoms with Gasteiger partial charge in [0.15, 0.2) is 0 Å². The van der Waals surface area contributed by atoms with Gasteiger partial charge in [-0.2, -0.15) is 10.4 Å². The average molecular weight is 233 g/mol. The molecule has 1 aromatic rings. The van der Waals surface area contributed by atoms with E-state index in [-0.39, 0.29) is 16.5 Å². The van der Waals surface area contributed by atoms with Crippen molar-refractivity contribution in [3.63, 3.8) is 0 Å². The molecule has 0 N–H and O–H groups in total. The smallest absolute Gasteiger partial charge is 0.266 e. The Hall–Kier alpha value is -1.63. The first-order valence-electron chi connectivity index (χ1n) is 5.78. The minimum Gasteiger partial charge on any atom is -0.266 e. The van der Waals surface area contributed by atoms with E-state index in [1.807, 2.05) is 40.7 Å². The molecule has 0 bridgehead atoms. The normalized spacial score (nSPS) is 11.6. The summed E-state index contributed by atoms with van der Waals surface area (Å²) in [5, 5.41) is 13.3. The van der Waals surface area contributed by atoms with Crippen LogP contribution in [0.2, 0.25) is 0 Å². The molecule has 1 aromatic heterocycles. The molecular weight excluding hydrogens is 214 g/mol. The van der Waals surface area contributed by atoms with Gasteiger partial charge in [0.05, 0.1) is 5.69 Å². The first-order chi connectivity index (χ1) is 7.75. The maximum atomic E-state index is 11.9. The molecular formula is C13H19N3O. The first kappa shape index (κ1) is 13.4. The SMILES string of the molecule is CC(C)Cn1nc(C(C)(C)C)cc(C#N)c1=O. The first-order valence-corrected chi connectivity index (χ1v) is 5.78. The lowest BCUT2D eigenvalue weighted by molar-refractivity contribution is 0.438. The van der Waals surface area contributed by atoms with Gasteiger partial charge in [0.25, 0.3) is 5.56 Å². The second-order valence-corrected chi connectivity index (χ2v) is 5.69. The number of rotatable bonds is 2. The summed E-state index contributed by atoms with van der Waals surface area (Å²) in [6.07, 6.45) is 0. The lowest BCUT2D eigenvalue weighted by Gasteiger charge is -2.19. The fourth-order valence-electron chi connectivity index (χ4n) is 1.46. The second kappa shape index (κ2) is 4.70. The van der Waals surface area contributed by atoms with Gasteiger partial charge in [0, 0.05) is 12.0 Å². The summed E-state index contributed by atoms with van der Waals surface area (Å²) in [5.41, 5.74) is 0.479. The lowest BCUT2D eigenvalue weighted by atomic mass is 9.91. The molecule has 0 aliphatic rings. The van der Waals surface area contributed by atoms with Crippen molar-refractivity contribution in [2.45, 2.75) is 46.6 Å². The van der Waals surface area contributed by atoms with Crippen LogP contribution in [0.15, 0.2) is 10.9 Å². The van der Waals surface area contributed by atoms with E-state index in [4.69, 9.17) is 5.26 Å². The quantitative estimate of drug-likeness (QED) is 0.785. The van der Waals surface area contributed by atoms with Crippen LogP contribution in [0.3, 0.4) is 0 Å². The maximum Gasteiger partial charge on any atom is 0.284 e. The van der Waals surface area contributed by atoms with Crippen molar-refractivity contribution in [2.24, 2.45) is 5.92 Å². The molecule has 0 aromatic carbocycles. The summed E-state index contributed by atoms with van der Waals surface area (Å²) >= 11 is 0. The summed E-state index contributed by atoms with van der Waals surface area (Å²) in [4.78, 5) is 11.9. The molecule has 0 aliphatic heterocycles. The second-order valence-electron chi connectivity index (χ2n) is 5.69. The van der Waals surface area contributed by atoms with E-state index < -0.39 is 0 Å². The predicted octanol–water partition coefficient (Wildman–Crippen LogP) is 2.07. The van der Waals surface area contributed by atoms with E-state index in [0.29, 0.717) is 12.5 Å². The van der Waals surface area contributed by atoms with Gasteiger partial charge >= 0.3 is 0 Å². The zero-order valence-electron chi connectivity index (χ0n) is 11.1. The number of aromatic nitrogens is 2. The summed E-state index contributed by atoms with van der Waals surface area (Å²) < 4.78 is 1.41. The topological polar surface area (TPSA) is 58.7 Å². The monoisotopic (exact) mass is 233 g/mol. The highest BCUT2D eigenvalue weighted by Gasteiger charge is 2.19. The van der Waals surface area contributed by atoms with Crippen LogP contribution in [-0.2, 0) is 12.0 Å². The molecule has 4 heteroatoms. The van der Waals surface area contributed by atoms with Crippen molar-refractivity contribution < 1.29 is 0 Å². The Kier molecular flexibility index (Phi) is 3.72. The molecule has 0 amide bonds. The Bertz CT molecular complexity index is 501. The lowest BCUT2D eigenvalue weighted by Crippen LogP contribution is -2.31. The highest BCUT2D eigenvalue weighted by Crippen LogP contribution is 2.19. The molecule has 4 nitrogen and oxygen atoms in total. The van der Waals surface area contributed by atoms with E-state index in [9.17, 15) is 4.79 Å². The Morgan fingerprint density at radius 2 is 2.06 bits per heavy atom. The molecule has 92 valence electrons. The molecule has 0 atom stereocenters. The van der Waals surface area contributed by atoms with Crippen LogP contribution < -0.4 is 5.56 Å². The third-order valence-corrected chi connectivity index (χ3v) is 2.40. The minimum atomic E-state index is -0.297. The summed E-state index contributed by atoms with van der Waals surface area (Å²) in [5.74, 6) is 0.321. The van der Waals surface area contributed by atoms with Crippen LogP contribution in [0.1, 0.15) is 45.9 Å². The third-order valence-electron chi connectivity index (χ3n) is 2.40. The minimum absolute atomic E-state index is 0.169. The molecule has 0 aliphatic carbocycles. The van der Waals surface area contributed by atoms with Gasteiger partial charge in [0.1, 0.15) is 11.6 Å². The largest absolute Gasteiger partial charge is 0.284 e. The van der Waals surface area contributed by atoms with Gasteiger partial charge in [0.2, 0.25) is 0 Å². The zero-order chi connectivity index (χ0) is 13.2. The van der Waals surface area contributed by atoms with E-state index in [2.05, 4.69) is 5.10 Å². The predicted molar refractivity (Wildman–Crippen MR) is 66.8 cm³/mol. The van der Waals surface area contributed by atoms with Crippen molar-refractivity contribution in [2.75, 3.05) is 0 Å². The maximum absolute atomic E-state index is 11.9. The van der Waals surface area contributed by atoms with Gasteiger partial charge in [-0.3, -0.25) is 4.79 Å². The molecule has 0 saturated carbocycles. The Morgan fingerprint density at radius 1 is 1.47 bits per heavy atom.